The molecule has 2 N–H and O–H groups in total. The van der Waals surface area contributed by atoms with E-state index in [0.29, 0.717) is 5.92 Å². The van der Waals surface area contributed by atoms with Gasteiger partial charge in [0.05, 0.1) is 12.1 Å². The molecule has 4 atom stereocenters. The molecule has 0 aromatic carbocycles. The first kappa shape index (κ1) is 26.1. The third-order valence-corrected chi connectivity index (χ3v) is 6.00. The van der Waals surface area contributed by atoms with Crippen molar-refractivity contribution < 1.29 is 19.5 Å². The van der Waals surface area contributed by atoms with Gasteiger partial charge in [0.1, 0.15) is 6.04 Å². The summed E-state index contributed by atoms with van der Waals surface area (Å²) in [6, 6.07) is -1.32. The Hall–Kier alpha value is -1.89. The average molecular weight is 424 g/mol. The molecule has 1 aliphatic rings. The zero-order valence-electron chi connectivity index (χ0n) is 20.2. The number of nitrogens with zero attached hydrogens (tertiary/aromatic N) is 2. The van der Waals surface area contributed by atoms with E-state index >= 15 is 0 Å². The van der Waals surface area contributed by atoms with Crippen molar-refractivity contribution in [3.05, 3.63) is 11.6 Å². The summed E-state index contributed by atoms with van der Waals surface area (Å²) in [7, 11) is 3.63. The maximum atomic E-state index is 13.5. The summed E-state index contributed by atoms with van der Waals surface area (Å²) >= 11 is 0. The highest BCUT2D eigenvalue weighted by Crippen LogP contribution is 2.25. The lowest BCUT2D eigenvalue weighted by Crippen LogP contribution is -2.60. The van der Waals surface area contributed by atoms with Crippen LogP contribution < -0.4 is 5.32 Å². The lowest BCUT2D eigenvalue weighted by molar-refractivity contribution is -0.141. The van der Waals surface area contributed by atoms with Crippen molar-refractivity contribution in [2.75, 3.05) is 20.6 Å². The van der Waals surface area contributed by atoms with Crippen molar-refractivity contribution in [3.8, 4) is 0 Å². The van der Waals surface area contributed by atoms with E-state index in [1.54, 1.807) is 18.0 Å². The van der Waals surface area contributed by atoms with Gasteiger partial charge in [0.15, 0.2) is 0 Å². The fourth-order valence-electron chi connectivity index (χ4n) is 4.02. The Balaban J connectivity index is 3.09. The van der Waals surface area contributed by atoms with E-state index in [1.165, 1.54) is 6.92 Å². The van der Waals surface area contributed by atoms with Gasteiger partial charge in [-0.1, -0.05) is 47.6 Å². The molecule has 0 bridgehead atoms. The number of carbonyl (C=O) groups is 3. The molecule has 1 heterocycles. The van der Waals surface area contributed by atoms with Crippen LogP contribution in [0.2, 0.25) is 0 Å². The zero-order valence-corrected chi connectivity index (χ0v) is 20.2. The van der Waals surface area contributed by atoms with Crippen LogP contribution >= 0.6 is 0 Å². The first-order valence-corrected chi connectivity index (χ1v) is 10.9. The highest BCUT2D eigenvalue weighted by atomic mass is 16.4. The third kappa shape index (κ3) is 6.83. The summed E-state index contributed by atoms with van der Waals surface area (Å²) in [4.78, 5) is 41.4. The highest BCUT2D eigenvalue weighted by molar-refractivity contribution is 5.91. The number of carboxylic acid groups (broad SMARTS) is 1. The number of carbonyl (C=O) groups excluding carboxylic acids is 2. The Morgan fingerprint density at radius 1 is 1.20 bits per heavy atom. The SMILES string of the molecule is C/C(=C\[C@H](C(C)C)N(C)C(=O)[C@@H](NC(=O)C1CC[C@H](C)CN1C)C(C)(C)C)C(=O)O. The summed E-state index contributed by atoms with van der Waals surface area (Å²) in [5, 5.41) is 12.3. The van der Waals surface area contributed by atoms with Crippen molar-refractivity contribution in [1.82, 2.24) is 15.1 Å². The normalized spacial score (nSPS) is 23.1. The molecule has 0 saturated carbocycles. The summed E-state index contributed by atoms with van der Waals surface area (Å²) in [5.41, 5.74) is -0.295. The van der Waals surface area contributed by atoms with Gasteiger partial charge in [-0.3, -0.25) is 14.5 Å². The smallest absolute Gasteiger partial charge is 0.331 e. The summed E-state index contributed by atoms with van der Waals surface area (Å²) < 4.78 is 0. The maximum absolute atomic E-state index is 13.5. The van der Waals surface area contributed by atoms with E-state index in [4.69, 9.17) is 0 Å². The molecule has 30 heavy (non-hydrogen) atoms. The molecule has 1 saturated heterocycles. The van der Waals surface area contributed by atoms with Gasteiger partial charge in [-0.2, -0.15) is 0 Å². The molecule has 7 nitrogen and oxygen atoms in total. The van der Waals surface area contributed by atoms with Crippen LogP contribution in [-0.2, 0) is 14.4 Å². The summed E-state index contributed by atoms with van der Waals surface area (Å²) in [6.45, 7) is 14.3. The standard InChI is InChI=1S/C23H41N3O4/c1-14(2)18(12-16(4)22(29)30)26(9)21(28)19(23(5,6)7)24-20(27)17-11-10-15(3)13-25(17)8/h12,14-15,17-19H,10-11,13H2,1-9H3,(H,24,27)(H,29,30)/b16-12+/t15-,17?,18+,19+/m0/s1. The second kappa shape index (κ2) is 10.4. The van der Waals surface area contributed by atoms with E-state index in [-0.39, 0.29) is 35.4 Å². The van der Waals surface area contributed by atoms with Crippen LogP contribution in [-0.4, -0.2) is 71.5 Å². The number of piperidine rings is 1. The molecular formula is C23H41N3O4. The fourth-order valence-corrected chi connectivity index (χ4v) is 4.02. The Morgan fingerprint density at radius 2 is 1.77 bits per heavy atom. The van der Waals surface area contributed by atoms with Crippen LogP contribution in [0.3, 0.4) is 0 Å². The maximum Gasteiger partial charge on any atom is 0.331 e. The van der Waals surface area contributed by atoms with Crippen LogP contribution in [0, 0.1) is 17.3 Å². The quantitative estimate of drug-likeness (QED) is 0.615. The summed E-state index contributed by atoms with van der Waals surface area (Å²) in [6.07, 6.45) is 3.38. The van der Waals surface area contributed by atoms with E-state index < -0.39 is 17.4 Å². The van der Waals surface area contributed by atoms with Crippen molar-refractivity contribution in [3.63, 3.8) is 0 Å². The minimum Gasteiger partial charge on any atom is -0.478 e. The first-order valence-electron chi connectivity index (χ1n) is 10.9. The number of amides is 2. The molecule has 1 fully saturated rings. The van der Waals surface area contributed by atoms with Crippen LogP contribution in [0.1, 0.15) is 61.3 Å². The number of rotatable bonds is 7. The Morgan fingerprint density at radius 3 is 2.20 bits per heavy atom. The minimum absolute atomic E-state index is 0.0236. The monoisotopic (exact) mass is 423 g/mol. The number of hydrogen-bond acceptors (Lipinski definition) is 4. The number of hydrogen-bond donors (Lipinski definition) is 2. The Labute approximate surface area is 181 Å². The molecule has 0 radical (unpaired) electrons. The molecule has 0 aromatic rings. The average Bonchev–Trinajstić information content (AvgIpc) is 2.61. The molecule has 7 heteroatoms. The van der Waals surface area contributed by atoms with Crippen LogP contribution in [0.25, 0.3) is 0 Å². The van der Waals surface area contributed by atoms with Crippen LogP contribution in [0.15, 0.2) is 11.6 Å². The topological polar surface area (TPSA) is 90.0 Å². The van der Waals surface area contributed by atoms with Crippen LogP contribution in [0.5, 0.6) is 0 Å². The van der Waals surface area contributed by atoms with E-state index in [9.17, 15) is 19.5 Å². The van der Waals surface area contributed by atoms with E-state index in [1.807, 2.05) is 41.7 Å². The van der Waals surface area contributed by atoms with E-state index in [2.05, 4.69) is 17.1 Å². The predicted octanol–water partition coefficient (Wildman–Crippen LogP) is 2.76. The van der Waals surface area contributed by atoms with Crippen molar-refractivity contribution >= 4 is 17.8 Å². The van der Waals surface area contributed by atoms with Crippen molar-refractivity contribution in [2.45, 2.75) is 79.4 Å². The molecule has 0 aromatic heterocycles. The zero-order chi connectivity index (χ0) is 23.4. The number of likely N-dealkylation sites (tertiary alicyclic amines) is 1. The van der Waals surface area contributed by atoms with Crippen molar-refractivity contribution in [2.24, 2.45) is 17.3 Å². The molecule has 1 unspecified atom stereocenters. The molecule has 172 valence electrons. The Kier molecular flexibility index (Phi) is 9.08. The van der Waals surface area contributed by atoms with E-state index in [0.717, 1.165) is 19.4 Å². The van der Waals surface area contributed by atoms with Gasteiger partial charge in [-0.05, 0) is 44.1 Å². The van der Waals surface area contributed by atoms with Gasteiger partial charge in [-0.25, -0.2) is 4.79 Å². The predicted molar refractivity (Wildman–Crippen MR) is 119 cm³/mol. The van der Waals surface area contributed by atoms with Gasteiger partial charge in [0, 0.05) is 19.2 Å². The van der Waals surface area contributed by atoms with Gasteiger partial charge in [0.25, 0.3) is 0 Å². The minimum atomic E-state index is -1.00. The molecule has 0 spiro atoms. The Bertz CT molecular complexity index is 666. The molecule has 1 aliphatic heterocycles. The molecule has 2 amide bonds. The van der Waals surface area contributed by atoms with Gasteiger partial charge >= 0.3 is 5.97 Å². The first-order chi connectivity index (χ1) is 13.7. The number of carboxylic acids is 1. The lowest BCUT2D eigenvalue weighted by atomic mass is 9.84. The van der Waals surface area contributed by atoms with Gasteiger partial charge in [0.2, 0.25) is 11.8 Å². The second-order valence-corrected chi connectivity index (χ2v) is 10.3. The fraction of sp³-hybridized carbons (Fsp3) is 0.783. The number of likely N-dealkylation sites (N-methyl/N-ethyl adjacent to an activating group) is 2. The van der Waals surface area contributed by atoms with Gasteiger partial charge < -0.3 is 15.3 Å². The lowest BCUT2D eigenvalue weighted by Gasteiger charge is -2.40. The summed E-state index contributed by atoms with van der Waals surface area (Å²) in [5.74, 6) is -0.756. The molecule has 0 aliphatic carbocycles. The van der Waals surface area contributed by atoms with Crippen molar-refractivity contribution in [1.29, 1.82) is 0 Å². The largest absolute Gasteiger partial charge is 0.478 e. The molecule has 1 rings (SSSR count). The second-order valence-electron chi connectivity index (χ2n) is 10.3. The number of nitrogens with one attached hydrogen (secondary N) is 1. The van der Waals surface area contributed by atoms with Crippen LogP contribution in [0.4, 0.5) is 0 Å². The third-order valence-electron chi connectivity index (χ3n) is 6.00. The number of aliphatic carboxylic acids is 1. The van der Waals surface area contributed by atoms with Gasteiger partial charge in [-0.15, -0.1) is 0 Å². The molecular weight excluding hydrogens is 382 g/mol. The highest BCUT2D eigenvalue weighted by Gasteiger charge is 2.39.